The lowest BCUT2D eigenvalue weighted by Gasteiger charge is -2.12. The second kappa shape index (κ2) is 5.48. The second-order valence-corrected chi connectivity index (χ2v) is 5.02. The van der Waals surface area contributed by atoms with Crippen molar-refractivity contribution >= 4 is 27.5 Å². The Morgan fingerprint density at radius 2 is 1.88 bits per heavy atom. The van der Waals surface area contributed by atoms with Crippen molar-refractivity contribution in [2.45, 2.75) is 34.1 Å². The fraction of sp³-hybridized carbons (Fsp3) is 0.462. The van der Waals surface area contributed by atoms with Crippen molar-refractivity contribution in [3.63, 3.8) is 0 Å². The molecule has 0 spiro atoms. The number of anilines is 1. The third-order valence-corrected chi connectivity index (χ3v) is 4.01. The molecule has 0 aliphatic carbocycles. The van der Waals surface area contributed by atoms with Crippen LogP contribution in [-0.2, 0) is 4.79 Å². The predicted molar refractivity (Wildman–Crippen MR) is 71.7 cm³/mol. The van der Waals surface area contributed by atoms with Crippen molar-refractivity contribution in [1.82, 2.24) is 0 Å². The molecule has 0 saturated carbocycles. The first-order chi connectivity index (χ1) is 7.45. The van der Waals surface area contributed by atoms with E-state index < -0.39 is 0 Å². The van der Waals surface area contributed by atoms with Crippen LogP contribution in [0.15, 0.2) is 16.6 Å². The van der Waals surface area contributed by atoms with Gasteiger partial charge in [-0.05, 0) is 43.5 Å². The standard InChI is InChI=1S/C13H18BrNO/c1-5-8(2)13(16)15-11-6-9(3)12(14)10(4)7-11/h6-8H,5H2,1-4H3,(H,15,16). The summed E-state index contributed by atoms with van der Waals surface area (Å²) < 4.78 is 1.11. The molecule has 0 heterocycles. The van der Waals surface area contributed by atoms with Gasteiger partial charge in [-0.2, -0.15) is 0 Å². The maximum Gasteiger partial charge on any atom is 0.227 e. The van der Waals surface area contributed by atoms with Gasteiger partial charge in [-0.3, -0.25) is 4.79 Å². The molecule has 0 saturated heterocycles. The molecular formula is C13H18BrNO. The topological polar surface area (TPSA) is 29.1 Å². The molecule has 3 heteroatoms. The SMILES string of the molecule is CCC(C)C(=O)Nc1cc(C)c(Br)c(C)c1. The summed E-state index contributed by atoms with van der Waals surface area (Å²) in [5.41, 5.74) is 3.16. The van der Waals surface area contributed by atoms with E-state index in [1.807, 2.05) is 39.8 Å². The van der Waals surface area contributed by atoms with E-state index in [-0.39, 0.29) is 11.8 Å². The van der Waals surface area contributed by atoms with Crippen molar-refractivity contribution in [3.05, 3.63) is 27.7 Å². The molecule has 0 fully saturated rings. The molecule has 0 aromatic heterocycles. The number of carbonyl (C=O) groups excluding carboxylic acids is 1. The van der Waals surface area contributed by atoms with Gasteiger partial charge in [-0.15, -0.1) is 0 Å². The molecular weight excluding hydrogens is 266 g/mol. The van der Waals surface area contributed by atoms with Crippen LogP contribution in [-0.4, -0.2) is 5.91 Å². The average Bonchev–Trinajstić information content (AvgIpc) is 2.24. The van der Waals surface area contributed by atoms with Gasteiger partial charge >= 0.3 is 0 Å². The Morgan fingerprint density at radius 3 is 2.31 bits per heavy atom. The number of hydrogen-bond donors (Lipinski definition) is 1. The van der Waals surface area contributed by atoms with Gasteiger partial charge in [0, 0.05) is 16.1 Å². The highest BCUT2D eigenvalue weighted by atomic mass is 79.9. The van der Waals surface area contributed by atoms with Gasteiger partial charge in [0.25, 0.3) is 0 Å². The van der Waals surface area contributed by atoms with Gasteiger partial charge in [0.05, 0.1) is 0 Å². The number of rotatable bonds is 3. The van der Waals surface area contributed by atoms with Crippen LogP contribution >= 0.6 is 15.9 Å². The zero-order valence-electron chi connectivity index (χ0n) is 10.2. The summed E-state index contributed by atoms with van der Waals surface area (Å²) in [6.07, 6.45) is 0.861. The largest absolute Gasteiger partial charge is 0.326 e. The fourth-order valence-corrected chi connectivity index (χ4v) is 1.70. The van der Waals surface area contributed by atoms with Crippen molar-refractivity contribution < 1.29 is 4.79 Å². The van der Waals surface area contributed by atoms with Crippen LogP contribution in [0.1, 0.15) is 31.4 Å². The minimum absolute atomic E-state index is 0.0595. The molecule has 16 heavy (non-hydrogen) atoms. The summed E-state index contributed by atoms with van der Waals surface area (Å²) in [7, 11) is 0. The lowest BCUT2D eigenvalue weighted by molar-refractivity contribution is -0.119. The van der Waals surface area contributed by atoms with E-state index >= 15 is 0 Å². The van der Waals surface area contributed by atoms with E-state index in [2.05, 4.69) is 21.2 Å². The quantitative estimate of drug-likeness (QED) is 0.891. The van der Waals surface area contributed by atoms with Crippen molar-refractivity contribution in [2.24, 2.45) is 5.92 Å². The van der Waals surface area contributed by atoms with E-state index in [0.717, 1.165) is 27.7 Å². The molecule has 2 nitrogen and oxygen atoms in total. The van der Waals surface area contributed by atoms with Gasteiger partial charge in [-0.1, -0.05) is 29.8 Å². The zero-order valence-corrected chi connectivity index (χ0v) is 11.8. The zero-order chi connectivity index (χ0) is 12.3. The number of aryl methyl sites for hydroxylation is 2. The van der Waals surface area contributed by atoms with Crippen LogP contribution in [0, 0.1) is 19.8 Å². The number of amides is 1. The first-order valence-corrected chi connectivity index (χ1v) is 6.32. The highest BCUT2D eigenvalue weighted by Gasteiger charge is 2.11. The Bertz CT molecular complexity index is 378. The first-order valence-electron chi connectivity index (χ1n) is 5.53. The van der Waals surface area contributed by atoms with Crippen LogP contribution < -0.4 is 5.32 Å². The van der Waals surface area contributed by atoms with Crippen molar-refractivity contribution in [1.29, 1.82) is 0 Å². The van der Waals surface area contributed by atoms with Crippen LogP contribution in [0.3, 0.4) is 0 Å². The van der Waals surface area contributed by atoms with E-state index in [0.29, 0.717) is 0 Å². The van der Waals surface area contributed by atoms with Crippen LogP contribution in [0.5, 0.6) is 0 Å². The van der Waals surface area contributed by atoms with Gasteiger partial charge in [0.1, 0.15) is 0 Å². The Kier molecular flexibility index (Phi) is 4.54. The average molecular weight is 284 g/mol. The number of benzene rings is 1. The van der Waals surface area contributed by atoms with Crippen LogP contribution in [0.4, 0.5) is 5.69 Å². The molecule has 0 aliphatic rings. The summed E-state index contributed by atoms with van der Waals surface area (Å²) in [5, 5.41) is 2.94. The first kappa shape index (κ1) is 13.2. The molecule has 1 rings (SSSR count). The van der Waals surface area contributed by atoms with E-state index in [1.54, 1.807) is 0 Å². The summed E-state index contributed by atoms with van der Waals surface area (Å²) in [4.78, 5) is 11.7. The third kappa shape index (κ3) is 3.08. The summed E-state index contributed by atoms with van der Waals surface area (Å²) in [5.74, 6) is 0.146. The molecule has 1 atom stereocenters. The Morgan fingerprint density at radius 1 is 1.38 bits per heavy atom. The number of carbonyl (C=O) groups is 1. The van der Waals surface area contributed by atoms with Gasteiger partial charge in [0.15, 0.2) is 0 Å². The molecule has 0 radical (unpaired) electrons. The van der Waals surface area contributed by atoms with E-state index in [9.17, 15) is 4.79 Å². The Labute approximate surface area is 106 Å². The number of nitrogens with one attached hydrogen (secondary N) is 1. The minimum atomic E-state index is 0.0595. The number of hydrogen-bond acceptors (Lipinski definition) is 1. The van der Waals surface area contributed by atoms with E-state index in [4.69, 9.17) is 0 Å². The summed E-state index contributed by atoms with van der Waals surface area (Å²) in [6.45, 7) is 8.00. The Balaban J connectivity index is 2.87. The maximum absolute atomic E-state index is 11.7. The molecule has 1 aromatic rings. The summed E-state index contributed by atoms with van der Waals surface area (Å²) in [6, 6.07) is 3.97. The highest BCUT2D eigenvalue weighted by Crippen LogP contribution is 2.25. The minimum Gasteiger partial charge on any atom is -0.326 e. The van der Waals surface area contributed by atoms with Gasteiger partial charge in [0.2, 0.25) is 5.91 Å². The molecule has 1 amide bonds. The third-order valence-electron chi connectivity index (χ3n) is 2.76. The second-order valence-electron chi connectivity index (χ2n) is 4.22. The van der Waals surface area contributed by atoms with Gasteiger partial charge in [-0.25, -0.2) is 0 Å². The summed E-state index contributed by atoms with van der Waals surface area (Å²) >= 11 is 3.51. The van der Waals surface area contributed by atoms with Crippen LogP contribution in [0.25, 0.3) is 0 Å². The normalized spacial score (nSPS) is 12.3. The number of halogens is 1. The molecule has 0 aliphatic heterocycles. The smallest absolute Gasteiger partial charge is 0.227 e. The Hall–Kier alpha value is -0.830. The molecule has 1 N–H and O–H groups in total. The van der Waals surface area contributed by atoms with Gasteiger partial charge < -0.3 is 5.32 Å². The van der Waals surface area contributed by atoms with Crippen LogP contribution in [0.2, 0.25) is 0 Å². The molecule has 0 bridgehead atoms. The van der Waals surface area contributed by atoms with E-state index in [1.165, 1.54) is 0 Å². The highest BCUT2D eigenvalue weighted by molar-refractivity contribution is 9.10. The lowest BCUT2D eigenvalue weighted by atomic mass is 10.1. The predicted octanol–water partition coefficient (Wildman–Crippen LogP) is 4.05. The molecule has 88 valence electrons. The maximum atomic E-state index is 11.7. The van der Waals surface area contributed by atoms with Crippen molar-refractivity contribution in [3.8, 4) is 0 Å². The lowest BCUT2D eigenvalue weighted by Crippen LogP contribution is -2.19. The molecule has 1 unspecified atom stereocenters. The molecule has 1 aromatic carbocycles. The monoisotopic (exact) mass is 283 g/mol. The van der Waals surface area contributed by atoms with Crippen molar-refractivity contribution in [2.75, 3.05) is 5.32 Å². The fourth-order valence-electron chi connectivity index (χ4n) is 1.47.